The zero-order valence-electron chi connectivity index (χ0n) is 10.9. The number of nitrogens with one attached hydrogen (secondary N) is 2. The summed E-state index contributed by atoms with van der Waals surface area (Å²) in [4.78, 5) is 13.2. The molecule has 20 heavy (non-hydrogen) atoms. The maximum atomic E-state index is 12.0. The fourth-order valence-corrected chi connectivity index (χ4v) is 2.33. The Labute approximate surface area is 158 Å². The Balaban J connectivity index is 0.00000200. The topological polar surface area (TPSA) is 106 Å². The molecule has 0 saturated carbocycles. The van der Waals surface area contributed by atoms with E-state index in [9.17, 15) is 13.2 Å². The van der Waals surface area contributed by atoms with Crippen molar-refractivity contribution in [1.82, 2.24) is 14.9 Å². The quantitative estimate of drug-likeness (QED) is 0.591. The molecule has 10 heteroatoms. The van der Waals surface area contributed by atoms with Crippen molar-refractivity contribution in [2.45, 2.75) is 11.8 Å². The van der Waals surface area contributed by atoms with Crippen molar-refractivity contribution in [3.05, 3.63) is 36.9 Å². The Kier molecular flexibility index (Phi) is 6.29. The molecule has 2 N–H and O–H groups in total. The van der Waals surface area contributed by atoms with Gasteiger partial charge in [0.05, 0.1) is 4.90 Å². The largest absolute Gasteiger partial charge is 1.00 e. The minimum Gasteiger partial charge on any atom is -0.326 e. The van der Waals surface area contributed by atoms with Crippen molar-refractivity contribution in [2.75, 3.05) is 10.1 Å². The number of hydrogen-bond acceptors (Lipinski definition) is 5. The fraction of sp³-hybridized carbons (Fsp3) is 0.100. The number of benzene rings is 1. The van der Waals surface area contributed by atoms with Gasteiger partial charge < -0.3 is 5.32 Å². The van der Waals surface area contributed by atoms with Crippen molar-refractivity contribution in [3.8, 4) is 0 Å². The molecular weight excluding hydrogens is 309 g/mol. The molecule has 0 aliphatic carbocycles. The molecule has 2 aromatic rings. The summed E-state index contributed by atoms with van der Waals surface area (Å²) in [5, 5.41) is 9.52. The summed E-state index contributed by atoms with van der Waals surface area (Å²) in [6.07, 6.45) is 2.45. The summed E-state index contributed by atoms with van der Waals surface area (Å²) in [5.74, 6) is -0.224. The van der Waals surface area contributed by atoms with Crippen molar-refractivity contribution in [2.24, 2.45) is 0 Å². The predicted octanol–water partition coefficient (Wildman–Crippen LogP) is -2.83. The van der Waals surface area contributed by atoms with E-state index in [0.29, 0.717) is 5.69 Å². The van der Waals surface area contributed by atoms with E-state index < -0.39 is 10.0 Å². The summed E-state index contributed by atoms with van der Waals surface area (Å²) < 4.78 is 25.0. The van der Waals surface area contributed by atoms with Crippen molar-refractivity contribution in [3.63, 3.8) is 0 Å². The van der Waals surface area contributed by atoms with E-state index in [1.807, 2.05) is 0 Å². The second-order valence-electron chi connectivity index (χ2n) is 3.67. The van der Waals surface area contributed by atoms with E-state index in [1.165, 1.54) is 43.8 Å². The van der Waals surface area contributed by atoms with Crippen LogP contribution in [0.4, 0.5) is 5.69 Å². The van der Waals surface area contributed by atoms with E-state index in [0.717, 1.165) is 4.68 Å². The van der Waals surface area contributed by atoms with Gasteiger partial charge in [-0.25, -0.2) is 9.51 Å². The van der Waals surface area contributed by atoms with Crippen LogP contribution in [0.25, 0.3) is 0 Å². The Morgan fingerprint density at radius 1 is 1.15 bits per heavy atom. The maximum absolute atomic E-state index is 12.0. The van der Waals surface area contributed by atoms with Crippen LogP contribution in [0.2, 0.25) is 0 Å². The second-order valence-corrected chi connectivity index (χ2v) is 5.33. The van der Waals surface area contributed by atoms with E-state index in [2.05, 4.69) is 20.3 Å². The second kappa shape index (κ2) is 7.29. The monoisotopic (exact) mass is 320 g/mol. The third-order valence-corrected chi connectivity index (χ3v) is 3.47. The maximum Gasteiger partial charge on any atom is 1.00 e. The number of rotatable bonds is 4. The summed E-state index contributed by atoms with van der Waals surface area (Å²) in [6, 6.07) is 5.78. The van der Waals surface area contributed by atoms with Crippen LogP contribution >= 0.6 is 0 Å². The zero-order chi connectivity index (χ0) is 13.9. The molecule has 8 nitrogen and oxygen atoms in total. The van der Waals surface area contributed by atoms with Gasteiger partial charge in [-0.2, -0.15) is 8.42 Å². The van der Waals surface area contributed by atoms with Crippen LogP contribution in [-0.4, -0.2) is 29.2 Å². The molecule has 0 atom stereocenters. The van der Waals surface area contributed by atoms with Crippen LogP contribution in [0.15, 0.2) is 41.8 Å². The number of aromatic nitrogens is 3. The van der Waals surface area contributed by atoms with Crippen LogP contribution in [-0.2, 0) is 14.8 Å². The number of hydrogen-bond donors (Lipinski definition) is 2. The molecular formula is C10H11KN5O3S+. The van der Waals surface area contributed by atoms with Crippen LogP contribution < -0.4 is 61.5 Å². The third-order valence-electron chi connectivity index (χ3n) is 2.13. The number of anilines is 1. The Morgan fingerprint density at radius 3 is 2.20 bits per heavy atom. The van der Waals surface area contributed by atoms with E-state index in [-0.39, 0.29) is 62.2 Å². The molecule has 1 heterocycles. The van der Waals surface area contributed by atoms with Crippen LogP contribution in [0.3, 0.4) is 0 Å². The molecule has 0 bridgehead atoms. The molecule has 0 fully saturated rings. The van der Waals surface area contributed by atoms with Gasteiger partial charge in [-0.15, -0.1) is 10.2 Å². The first-order valence-electron chi connectivity index (χ1n) is 5.22. The normalized spacial score (nSPS) is 10.4. The Bertz CT molecular complexity index is 669. The SMILES string of the molecule is CC(=O)Nc1ccc(S(=O)(=O)Nn2cnnc2)cc1.[K+]. The molecule has 1 amide bonds. The van der Waals surface area contributed by atoms with Crippen LogP contribution in [0, 0.1) is 0 Å². The van der Waals surface area contributed by atoms with Gasteiger partial charge in [0, 0.05) is 12.6 Å². The molecule has 2 rings (SSSR count). The first-order valence-corrected chi connectivity index (χ1v) is 6.71. The van der Waals surface area contributed by atoms with E-state index in [1.54, 1.807) is 0 Å². The predicted molar refractivity (Wildman–Crippen MR) is 67.3 cm³/mol. The number of carbonyl (C=O) groups excluding carboxylic acids is 1. The van der Waals surface area contributed by atoms with Gasteiger partial charge in [-0.3, -0.25) is 4.79 Å². The summed E-state index contributed by atoms with van der Waals surface area (Å²) in [7, 11) is -3.71. The number of nitrogens with zero attached hydrogens (tertiary/aromatic N) is 3. The minimum absolute atomic E-state index is 0. The zero-order valence-corrected chi connectivity index (χ0v) is 14.9. The van der Waals surface area contributed by atoms with Crippen molar-refractivity contribution >= 4 is 21.6 Å². The van der Waals surface area contributed by atoms with Crippen LogP contribution in [0.5, 0.6) is 0 Å². The van der Waals surface area contributed by atoms with Gasteiger partial charge in [0.1, 0.15) is 12.7 Å². The standard InChI is InChI=1S/C10H11N5O3S.K/c1-8(16)13-9-2-4-10(5-3-9)19(17,18)14-15-6-11-12-7-15;/h2-7,14H,1H3,(H,13,16);/q;+1. The molecule has 100 valence electrons. The third kappa shape index (κ3) is 4.65. The first-order chi connectivity index (χ1) is 8.97. The molecule has 0 aliphatic heterocycles. The van der Waals surface area contributed by atoms with Crippen LogP contribution in [0.1, 0.15) is 6.92 Å². The van der Waals surface area contributed by atoms with Gasteiger partial charge >= 0.3 is 51.4 Å². The summed E-state index contributed by atoms with van der Waals surface area (Å²) >= 11 is 0. The smallest absolute Gasteiger partial charge is 0.326 e. The average molecular weight is 320 g/mol. The van der Waals surface area contributed by atoms with Gasteiger partial charge in [0.2, 0.25) is 5.91 Å². The van der Waals surface area contributed by atoms with Gasteiger partial charge in [0.15, 0.2) is 0 Å². The van der Waals surface area contributed by atoms with Gasteiger partial charge in [0.25, 0.3) is 10.0 Å². The number of sulfonamides is 1. The molecule has 1 aromatic carbocycles. The minimum atomic E-state index is -3.71. The summed E-state index contributed by atoms with van der Waals surface area (Å²) in [5.41, 5.74) is 0.524. The van der Waals surface area contributed by atoms with Gasteiger partial charge in [-0.05, 0) is 24.3 Å². The average Bonchev–Trinajstić information content (AvgIpc) is 2.81. The van der Waals surface area contributed by atoms with E-state index in [4.69, 9.17) is 0 Å². The number of amides is 1. The van der Waals surface area contributed by atoms with Crippen molar-refractivity contribution in [1.29, 1.82) is 0 Å². The fourth-order valence-electron chi connectivity index (χ4n) is 1.36. The van der Waals surface area contributed by atoms with E-state index >= 15 is 0 Å². The molecule has 0 aliphatic rings. The molecule has 0 radical (unpaired) electrons. The molecule has 1 aromatic heterocycles. The Hall–Kier alpha value is -0.784. The number of carbonyl (C=O) groups is 1. The Morgan fingerprint density at radius 2 is 1.70 bits per heavy atom. The molecule has 0 spiro atoms. The molecule has 0 saturated heterocycles. The first kappa shape index (κ1) is 17.3. The summed E-state index contributed by atoms with van der Waals surface area (Å²) in [6.45, 7) is 1.37. The van der Waals surface area contributed by atoms with Crippen molar-refractivity contribution < 1.29 is 64.6 Å². The molecule has 0 unspecified atom stereocenters. The van der Waals surface area contributed by atoms with Gasteiger partial charge in [-0.1, -0.05) is 0 Å².